The molecule has 0 amide bonds. The Hall–Kier alpha value is -0.700. The van der Waals surface area contributed by atoms with Crippen molar-refractivity contribution in [1.29, 1.82) is 0 Å². The third-order valence-corrected chi connectivity index (χ3v) is 3.54. The van der Waals surface area contributed by atoms with Crippen molar-refractivity contribution in [3.63, 3.8) is 0 Å². The third kappa shape index (κ3) is 3.41. The molecule has 0 fully saturated rings. The van der Waals surface area contributed by atoms with Gasteiger partial charge in [-0.15, -0.1) is 0 Å². The lowest BCUT2D eigenvalue weighted by atomic mass is 10.0. The summed E-state index contributed by atoms with van der Waals surface area (Å²) in [6.07, 6.45) is 4.20. The Bertz CT molecular complexity index is 409. The van der Waals surface area contributed by atoms with E-state index in [0.717, 1.165) is 36.8 Å². The zero-order chi connectivity index (χ0) is 12.3. The van der Waals surface area contributed by atoms with Crippen molar-refractivity contribution < 1.29 is 22.0 Å². The smallest absolute Gasteiger partial charge is 0.129 e. The minimum Gasteiger partial charge on any atom is -1.00 e. The molecule has 0 spiro atoms. The molecular formula is C14H19Cl2NO. The number of rotatable bonds is 3. The van der Waals surface area contributed by atoms with Crippen molar-refractivity contribution in [3.05, 3.63) is 41.4 Å². The van der Waals surface area contributed by atoms with E-state index >= 15 is 0 Å². The number of nitrogens with one attached hydrogen (secondary N) is 1. The van der Waals surface area contributed by atoms with Gasteiger partial charge in [0.05, 0.1) is 25.8 Å². The zero-order valence-corrected chi connectivity index (χ0v) is 12.1. The molecule has 0 bridgehead atoms. The maximum Gasteiger partial charge on any atom is 0.129 e. The van der Waals surface area contributed by atoms with Gasteiger partial charge in [0.25, 0.3) is 0 Å². The monoisotopic (exact) mass is 287 g/mol. The van der Waals surface area contributed by atoms with Crippen LogP contribution in [0.1, 0.15) is 24.4 Å². The van der Waals surface area contributed by atoms with Gasteiger partial charge in [0.2, 0.25) is 0 Å². The Balaban J connectivity index is 0.00000162. The van der Waals surface area contributed by atoms with Crippen LogP contribution in [0, 0.1) is 0 Å². The predicted molar refractivity (Wildman–Crippen MR) is 70.9 cm³/mol. The van der Waals surface area contributed by atoms with Crippen LogP contribution in [-0.2, 0) is 0 Å². The van der Waals surface area contributed by atoms with Gasteiger partial charge in [-0.3, -0.25) is 0 Å². The number of quaternary nitrogens is 1. The molecule has 1 N–H and O–H groups in total. The molecule has 100 valence electrons. The van der Waals surface area contributed by atoms with E-state index in [1.165, 1.54) is 10.5 Å². The van der Waals surface area contributed by atoms with E-state index in [9.17, 15) is 0 Å². The van der Waals surface area contributed by atoms with Crippen LogP contribution in [0.5, 0.6) is 5.75 Å². The molecule has 0 saturated carbocycles. The van der Waals surface area contributed by atoms with Crippen molar-refractivity contribution in [3.8, 4) is 5.75 Å². The molecule has 1 aliphatic rings. The van der Waals surface area contributed by atoms with Gasteiger partial charge in [-0.2, -0.15) is 0 Å². The van der Waals surface area contributed by atoms with E-state index < -0.39 is 0 Å². The van der Waals surface area contributed by atoms with Crippen LogP contribution in [0.25, 0.3) is 0 Å². The van der Waals surface area contributed by atoms with Gasteiger partial charge in [0, 0.05) is 11.4 Å². The molecular weight excluding hydrogens is 269 g/mol. The number of halogens is 2. The molecule has 4 heteroatoms. The number of hydrogen-bond acceptors (Lipinski definition) is 1. The van der Waals surface area contributed by atoms with Gasteiger partial charge in [0.15, 0.2) is 0 Å². The van der Waals surface area contributed by atoms with E-state index in [2.05, 4.69) is 19.7 Å². The second kappa shape index (κ2) is 7.03. The highest BCUT2D eigenvalue weighted by atomic mass is 35.5. The van der Waals surface area contributed by atoms with Gasteiger partial charge in [-0.05, 0) is 30.7 Å². The van der Waals surface area contributed by atoms with E-state index in [4.69, 9.17) is 16.3 Å². The highest BCUT2D eigenvalue weighted by Crippen LogP contribution is 2.31. The summed E-state index contributed by atoms with van der Waals surface area (Å²) >= 11 is 6.02. The van der Waals surface area contributed by atoms with E-state index in [1.807, 2.05) is 18.2 Å². The number of likely N-dealkylation sites (N-methyl/N-ethyl adjacent to an activating group) is 1. The summed E-state index contributed by atoms with van der Waals surface area (Å²) in [5.74, 6) is 0.948. The second-order valence-corrected chi connectivity index (χ2v) is 5.00. The van der Waals surface area contributed by atoms with Crippen LogP contribution in [0.15, 0.2) is 30.9 Å². The Kier molecular flexibility index (Phi) is 6.00. The Morgan fingerprint density at radius 1 is 1.56 bits per heavy atom. The van der Waals surface area contributed by atoms with Gasteiger partial charge >= 0.3 is 0 Å². The number of hydrogen-bond donors (Lipinski definition) is 1. The van der Waals surface area contributed by atoms with Crippen LogP contribution < -0.4 is 22.0 Å². The zero-order valence-electron chi connectivity index (χ0n) is 10.6. The predicted octanol–water partition coefficient (Wildman–Crippen LogP) is -0.742. The lowest BCUT2D eigenvalue weighted by Gasteiger charge is -2.23. The molecule has 2 rings (SSSR count). The maximum absolute atomic E-state index is 6.02. The molecule has 0 radical (unpaired) electrons. The molecule has 18 heavy (non-hydrogen) atoms. The summed E-state index contributed by atoms with van der Waals surface area (Å²) in [5, 5.41) is 0.741. The molecule has 0 aromatic heterocycles. The van der Waals surface area contributed by atoms with Crippen molar-refractivity contribution in [2.75, 3.05) is 20.2 Å². The molecule has 0 saturated heterocycles. The van der Waals surface area contributed by atoms with Gasteiger partial charge < -0.3 is 22.0 Å². The summed E-state index contributed by atoms with van der Waals surface area (Å²) in [6.45, 7) is 5.56. The van der Waals surface area contributed by atoms with Gasteiger partial charge in [-0.25, -0.2) is 0 Å². The highest BCUT2D eigenvalue weighted by Gasteiger charge is 2.25. The summed E-state index contributed by atoms with van der Waals surface area (Å²) < 4.78 is 5.76. The first-order chi connectivity index (χ1) is 8.22. The van der Waals surface area contributed by atoms with Crippen molar-refractivity contribution >= 4 is 11.6 Å². The van der Waals surface area contributed by atoms with Crippen LogP contribution in [0.2, 0.25) is 5.02 Å². The van der Waals surface area contributed by atoms with Crippen molar-refractivity contribution in [2.24, 2.45) is 0 Å². The Labute approximate surface area is 120 Å². The molecule has 0 aliphatic carbocycles. The lowest BCUT2D eigenvalue weighted by molar-refractivity contribution is -0.907. The van der Waals surface area contributed by atoms with Crippen LogP contribution in [0.4, 0.5) is 0 Å². The first-order valence-electron chi connectivity index (χ1n) is 6.08. The van der Waals surface area contributed by atoms with Gasteiger partial charge in [0.1, 0.15) is 11.8 Å². The fourth-order valence-corrected chi connectivity index (χ4v) is 2.59. The number of fused-ring (bicyclic) bond motifs is 1. The van der Waals surface area contributed by atoms with Gasteiger partial charge in [-0.1, -0.05) is 18.2 Å². The lowest BCUT2D eigenvalue weighted by Crippen LogP contribution is -3.09. The SMILES string of the molecule is C=CC[NH+](C)C1CCCOc2cc(Cl)ccc21.[Cl-]. The summed E-state index contributed by atoms with van der Waals surface area (Å²) in [5.41, 5.74) is 1.27. The summed E-state index contributed by atoms with van der Waals surface area (Å²) in [4.78, 5) is 1.45. The normalized spacial score (nSPS) is 19.8. The quantitative estimate of drug-likeness (QED) is 0.723. The molecule has 1 aromatic rings. The minimum atomic E-state index is 0. The van der Waals surface area contributed by atoms with Crippen molar-refractivity contribution in [1.82, 2.24) is 0 Å². The average molecular weight is 288 g/mol. The van der Waals surface area contributed by atoms with Crippen LogP contribution >= 0.6 is 11.6 Å². The third-order valence-electron chi connectivity index (χ3n) is 3.31. The summed E-state index contributed by atoms with van der Waals surface area (Å²) in [7, 11) is 2.20. The van der Waals surface area contributed by atoms with E-state index in [0.29, 0.717) is 6.04 Å². The van der Waals surface area contributed by atoms with Crippen LogP contribution in [0.3, 0.4) is 0 Å². The molecule has 2 atom stereocenters. The number of benzene rings is 1. The Morgan fingerprint density at radius 3 is 3.06 bits per heavy atom. The van der Waals surface area contributed by atoms with E-state index in [-0.39, 0.29) is 12.4 Å². The Morgan fingerprint density at radius 2 is 2.33 bits per heavy atom. The molecule has 2 nitrogen and oxygen atoms in total. The van der Waals surface area contributed by atoms with Crippen LogP contribution in [-0.4, -0.2) is 20.2 Å². The molecule has 1 heterocycles. The first kappa shape index (κ1) is 15.4. The average Bonchev–Trinajstić information content (AvgIpc) is 2.51. The fraction of sp³-hybridized carbons (Fsp3) is 0.429. The van der Waals surface area contributed by atoms with Crippen molar-refractivity contribution in [2.45, 2.75) is 18.9 Å². The fourth-order valence-electron chi connectivity index (χ4n) is 2.43. The molecule has 2 unspecified atom stereocenters. The minimum absolute atomic E-state index is 0. The highest BCUT2D eigenvalue weighted by molar-refractivity contribution is 6.30. The maximum atomic E-state index is 6.02. The molecule has 1 aromatic carbocycles. The standard InChI is InChI=1S/C14H18ClNO.ClH/c1-3-8-16(2)13-5-4-9-17-14-10-11(15)6-7-12(13)14;/h3,6-7,10,13H,1,4-5,8-9H2,2H3;1H. The topological polar surface area (TPSA) is 13.7 Å². The largest absolute Gasteiger partial charge is 1.00 e. The summed E-state index contributed by atoms with van der Waals surface area (Å²) in [6, 6.07) is 6.45. The first-order valence-corrected chi connectivity index (χ1v) is 6.45. The molecule has 1 aliphatic heterocycles. The van der Waals surface area contributed by atoms with E-state index in [1.54, 1.807) is 0 Å². The second-order valence-electron chi connectivity index (χ2n) is 4.56. The number of ether oxygens (including phenoxy) is 1.